The van der Waals surface area contributed by atoms with E-state index in [0.29, 0.717) is 12.4 Å². The van der Waals surface area contributed by atoms with Crippen LogP contribution in [-0.4, -0.2) is 284 Å². The van der Waals surface area contributed by atoms with E-state index in [2.05, 4.69) is 33.5 Å². The maximum atomic E-state index is 13.9. The van der Waals surface area contributed by atoms with E-state index in [-0.39, 0.29) is 5.56 Å². The number of benzene rings is 1. The highest BCUT2D eigenvalue weighted by Crippen LogP contribution is 2.36. The molecule has 25 atom stereocenters. The lowest BCUT2D eigenvalue weighted by atomic mass is 9.93. The van der Waals surface area contributed by atoms with Gasteiger partial charge in [0, 0.05) is 33.3 Å². The van der Waals surface area contributed by atoms with E-state index in [1.54, 1.807) is 12.1 Å². The molecule has 6 rings (SSSR count). The number of nitrogens with one attached hydrogen (secondary N) is 5. The fraction of sp³-hybridized carbons (Fsp3) is 0.804. The molecule has 5 fully saturated rings. The number of amides is 5. The van der Waals surface area contributed by atoms with Crippen LogP contribution < -0.4 is 31.3 Å². The third kappa shape index (κ3) is 18.8. The molecule has 32 heteroatoms. The Labute approximate surface area is 508 Å². The summed E-state index contributed by atoms with van der Waals surface area (Å²) in [5, 5.41) is 145. The number of aliphatic hydroxyl groups is 12. The second-order valence-corrected chi connectivity index (χ2v) is 22.6. The summed E-state index contributed by atoms with van der Waals surface area (Å²) < 4.78 is 59.9. The number of hydrogen-bond donors (Lipinski definition) is 17. The van der Waals surface area contributed by atoms with E-state index in [1.807, 2.05) is 0 Å². The molecule has 1 aromatic carbocycles. The van der Waals surface area contributed by atoms with Gasteiger partial charge in [0.2, 0.25) is 23.6 Å². The highest BCUT2D eigenvalue weighted by Gasteiger charge is 2.58. The summed E-state index contributed by atoms with van der Waals surface area (Å²) in [7, 11) is 0. The molecule has 88 heavy (non-hydrogen) atoms. The zero-order valence-electron chi connectivity index (χ0n) is 49.8. The van der Waals surface area contributed by atoms with Crippen LogP contribution in [0.3, 0.4) is 0 Å². The van der Waals surface area contributed by atoms with Crippen LogP contribution in [0.25, 0.3) is 0 Å². The SMILES string of the molecule is CCCCCCCCCCCOc1cccc(C(=O)N[C@@H]2C(O[C@H]3C(O)C(NC(C)=O)C(O[C@@H]4C(CO)O[C@@H](O[C@H]5C(O)C(NC(C)=O)C(OC6C(CO)OC(O)[C@@H](NC(C)=O)[C@H]6O)O[C@H]5CO)[C@@H](NC(C)=O)C4O)O[C@H]3CO)OC(CO)[C@@H](O)[C@@H]2O)c1. The maximum absolute atomic E-state index is 13.9. The summed E-state index contributed by atoms with van der Waals surface area (Å²) in [6.45, 7) is 2.10. The summed E-state index contributed by atoms with van der Waals surface area (Å²) in [6, 6.07) is -2.10. The van der Waals surface area contributed by atoms with Crippen LogP contribution >= 0.6 is 0 Å². The molecule has 0 saturated carbocycles. The molecule has 0 spiro atoms. The van der Waals surface area contributed by atoms with Crippen molar-refractivity contribution < 1.29 is 133 Å². The molecule has 0 aliphatic carbocycles. The first kappa shape index (κ1) is 72.6. The largest absolute Gasteiger partial charge is 0.494 e. The van der Waals surface area contributed by atoms with Gasteiger partial charge in [-0.3, -0.25) is 24.0 Å². The van der Waals surface area contributed by atoms with E-state index in [9.17, 15) is 85.3 Å². The molecule has 0 bridgehead atoms. The van der Waals surface area contributed by atoms with E-state index in [1.165, 1.54) is 44.2 Å². The Bertz CT molecular complexity index is 2350. The molecule has 5 saturated heterocycles. The number of rotatable bonds is 30. The summed E-state index contributed by atoms with van der Waals surface area (Å²) in [5.74, 6) is -3.50. The van der Waals surface area contributed by atoms with Gasteiger partial charge in [-0.25, -0.2) is 0 Å². The Hall–Kier alpha value is -4.47. The second-order valence-electron chi connectivity index (χ2n) is 22.6. The lowest BCUT2D eigenvalue weighted by Gasteiger charge is -2.51. The first-order valence-electron chi connectivity index (χ1n) is 29.8. The summed E-state index contributed by atoms with van der Waals surface area (Å²) >= 11 is 0. The molecule has 17 N–H and O–H groups in total. The Balaban J connectivity index is 1.18. The minimum absolute atomic E-state index is 0.0716. The summed E-state index contributed by atoms with van der Waals surface area (Å²) in [6.07, 6.45) is -25.8. The van der Waals surface area contributed by atoms with Crippen molar-refractivity contribution in [1.29, 1.82) is 0 Å². The van der Waals surface area contributed by atoms with Gasteiger partial charge in [0.15, 0.2) is 31.5 Å². The van der Waals surface area contributed by atoms with Crippen LogP contribution in [0.4, 0.5) is 0 Å². The molecule has 502 valence electrons. The first-order valence-corrected chi connectivity index (χ1v) is 29.8. The van der Waals surface area contributed by atoms with Gasteiger partial charge in [0.25, 0.3) is 5.91 Å². The van der Waals surface area contributed by atoms with Crippen molar-refractivity contribution in [3.05, 3.63) is 29.8 Å². The van der Waals surface area contributed by atoms with Crippen molar-refractivity contribution in [2.45, 2.75) is 246 Å². The highest BCUT2D eigenvalue weighted by molar-refractivity contribution is 5.94. The highest BCUT2D eigenvalue weighted by atomic mass is 16.8. The Morgan fingerprint density at radius 1 is 0.420 bits per heavy atom. The van der Waals surface area contributed by atoms with Crippen molar-refractivity contribution in [3.8, 4) is 5.75 Å². The molecule has 1 aromatic rings. The van der Waals surface area contributed by atoms with E-state index in [4.69, 9.17) is 47.4 Å². The minimum Gasteiger partial charge on any atom is -0.494 e. The van der Waals surface area contributed by atoms with Crippen molar-refractivity contribution in [1.82, 2.24) is 26.6 Å². The van der Waals surface area contributed by atoms with Crippen LogP contribution in [-0.2, 0) is 61.8 Å². The van der Waals surface area contributed by atoms with Crippen LogP contribution in [0, 0.1) is 0 Å². The lowest BCUT2D eigenvalue weighted by Crippen LogP contribution is -2.72. The second kappa shape index (κ2) is 34.8. The number of hydrogen-bond acceptors (Lipinski definition) is 27. The predicted octanol–water partition coefficient (Wildman–Crippen LogP) is -6.00. The minimum atomic E-state index is -2.03. The average Bonchev–Trinajstić information content (AvgIpc) is 1.44. The van der Waals surface area contributed by atoms with Crippen LogP contribution in [0.5, 0.6) is 5.75 Å². The van der Waals surface area contributed by atoms with E-state index >= 15 is 0 Å². The number of carbonyl (C=O) groups excluding carboxylic acids is 5. The van der Waals surface area contributed by atoms with E-state index < -0.39 is 216 Å². The maximum Gasteiger partial charge on any atom is 0.251 e. The molecular weight excluding hydrogens is 1170 g/mol. The zero-order chi connectivity index (χ0) is 64.5. The van der Waals surface area contributed by atoms with Crippen molar-refractivity contribution >= 4 is 29.5 Å². The average molecular weight is 1270 g/mol. The molecule has 32 nitrogen and oxygen atoms in total. The third-order valence-electron chi connectivity index (χ3n) is 15.9. The molecular formula is C56H91N5O27. The molecule has 13 unspecified atom stereocenters. The predicted molar refractivity (Wildman–Crippen MR) is 297 cm³/mol. The molecule has 5 aliphatic rings. The van der Waals surface area contributed by atoms with Gasteiger partial charge < -0.3 is 135 Å². The van der Waals surface area contributed by atoms with E-state index in [0.717, 1.165) is 53.4 Å². The first-order chi connectivity index (χ1) is 42.0. The Morgan fingerprint density at radius 2 is 0.761 bits per heavy atom. The smallest absolute Gasteiger partial charge is 0.251 e. The fourth-order valence-corrected chi connectivity index (χ4v) is 11.4. The Kier molecular flexibility index (Phi) is 28.7. The third-order valence-corrected chi connectivity index (χ3v) is 15.9. The fourth-order valence-electron chi connectivity index (χ4n) is 11.4. The number of aliphatic hydroxyl groups excluding tert-OH is 12. The number of carbonyl (C=O) groups is 5. The quantitative estimate of drug-likeness (QED) is 0.0319. The summed E-state index contributed by atoms with van der Waals surface area (Å²) in [4.78, 5) is 64.1. The van der Waals surface area contributed by atoms with Crippen molar-refractivity contribution in [3.63, 3.8) is 0 Å². The van der Waals surface area contributed by atoms with Gasteiger partial charge in [-0.2, -0.15) is 0 Å². The normalized spacial score (nSPS) is 37.7. The molecule has 5 heterocycles. The zero-order valence-corrected chi connectivity index (χ0v) is 49.8. The van der Waals surface area contributed by atoms with Crippen molar-refractivity contribution in [2.24, 2.45) is 0 Å². The lowest BCUT2D eigenvalue weighted by molar-refractivity contribution is -0.367. The van der Waals surface area contributed by atoms with Crippen LogP contribution in [0.2, 0.25) is 0 Å². The van der Waals surface area contributed by atoms with Gasteiger partial charge in [0.1, 0.15) is 128 Å². The van der Waals surface area contributed by atoms with Gasteiger partial charge in [-0.15, -0.1) is 0 Å². The summed E-state index contributed by atoms with van der Waals surface area (Å²) in [5.41, 5.74) is 0.0716. The number of ether oxygens (including phenoxy) is 10. The van der Waals surface area contributed by atoms with Gasteiger partial charge in [-0.1, -0.05) is 64.4 Å². The van der Waals surface area contributed by atoms with Crippen LogP contribution in [0.1, 0.15) is 103 Å². The standard InChI is InChI=1S/C56H91N5O27/c1-6-7-8-9-10-11-12-13-14-18-79-30-17-15-16-29(19-30)51(77)61-37-42(72)41(71)31(20-62)81-53(37)86-48-33(22-64)83-55(39(44(48)74)59-27(4)69)88-50-35(24-66)84-56(40(46(50)76)60-28(5)70)87-49-34(23-65)82-54(38(45(49)75)58-26(3)68)85-47-32(21-63)80-52(78)36(43(47)73)57-25(2)67/h15-17,19,31-50,52-56,62-66,71-76,78H,6-14,18,20-24H2,1-5H3,(H,57,67)(H,58,68)(H,59,69)(H,60,70)(H,61,77)/t31?,32?,33-,34-,35?,36-,37-,38?,39?,40-,41+,42+,43+,44?,45?,46?,47?,48+,49+,50+,52?,53?,54?,55?,56-/m0/s1. The molecule has 0 radical (unpaired) electrons. The Morgan fingerprint density at radius 3 is 1.15 bits per heavy atom. The van der Waals surface area contributed by atoms with Crippen LogP contribution in [0.15, 0.2) is 24.3 Å². The molecule has 0 aromatic heterocycles. The molecule has 5 amide bonds. The van der Waals surface area contributed by atoms with Gasteiger partial charge in [-0.05, 0) is 24.6 Å². The topological polar surface area (TPSA) is 481 Å². The number of unbranched alkanes of at least 4 members (excludes halogenated alkanes) is 8. The van der Waals surface area contributed by atoms with Gasteiger partial charge in [0.05, 0.1) is 39.6 Å². The molecule has 5 aliphatic heterocycles. The van der Waals surface area contributed by atoms with Gasteiger partial charge >= 0.3 is 0 Å². The monoisotopic (exact) mass is 1270 g/mol. The van der Waals surface area contributed by atoms with Crippen molar-refractivity contribution in [2.75, 3.05) is 39.6 Å².